The number of fused-ring (bicyclic) bond motifs is 1. The number of hydrogen-bond donors (Lipinski definition) is 2. The first-order valence-corrected chi connectivity index (χ1v) is 8.74. The number of aryl methyl sites for hydroxylation is 2. The van der Waals surface area contributed by atoms with E-state index >= 15 is 0 Å². The number of aromatic nitrogens is 2. The van der Waals surface area contributed by atoms with Crippen molar-refractivity contribution in [2.24, 2.45) is 0 Å². The summed E-state index contributed by atoms with van der Waals surface area (Å²) in [5, 5.41) is 4.01. The van der Waals surface area contributed by atoms with Gasteiger partial charge in [0, 0.05) is 28.8 Å². The smallest absolute Gasteiger partial charge is 0.259 e. The van der Waals surface area contributed by atoms with Crippen LogP contribution in [-0.4, -0.2) is 24.2 Å². The molecule has 0 spiro atoms. The zero-order valence-corrected chi connectivity index (χ0v) is 15.7. The molecule has 7 heteroatoms. The Bertz CT molecular complexity index is 955. The molecule has 3 rings (SSSR count). The highest BCUT2D eigenvalue weighted by Gasteiger charge is 2.15. The molecule has 1 unspecified atom stereocenters. The Hall–Kier alpha value is -2.54. The highest BCUT2D eigenvalue weighted by Crippen LogP contribution is 2.29. The Morgan fingerprint density at radius 3 is 2.40 bits per heavy atom. The number of methoxy groups -OCH3 is 2. The molecule has 6 nitrogen and oxygen atoms in total. The van der Waals surface area contributed by atoms with Gasteiger partial charge in [0.25, 0.3) is 5.56 Å². The SMILES string of the molecule is COc1cc(NC(C)c2nc3sc(C)c(C)c3c(=O)[nH]2)cc(OC)c1. The third-order valence-electron chi connectivity index (χ3n) is 4.20. The number of thiophene rings is 1. The van der Waals surface area contributed by atoms with Crippen molar-refractivity contribution < 1.29 is 9.47 Å². The summed E-state index contributed by atoms with van der Waals surface area (Å²) >= 11 is 1.54. The number of aromatic amines is 1. The molecule has 0 bridgehead atoms. The minimum Gasteiger partial charge on any atom is -0.497 e. The quantitative estimate of drug-likeness (QED) is 0.725. The zero-order valence-electron chi connectivity index (χ0n) is 14.9. The van der Waals surface area contributed by atoms with Gasteiger partial charge in [-0.2, -0.15) is 0 Å². The van der Waals surface area contributed by atoms with Gasteiger partial charge in [-0.15, -0.1) is 11.3 Å². The highest BCUT2D eigenvalue weighted by atomic mass is 32.1. The lowest BCUT2D eigenvalue weighted by Gasteiger charge is -2.16. The van der Waals surface area contributed by atoms with Crippen LogP contribution in [0.4, 0.5) is 5.69 Å². The van der Waals surface area contributed by atoms with Gasteiger partial charge in [-0.25, -0.2) is 4.98 Å². The topological polar surface area (TPSA) is 76.2 Å². The van der Waals surface area contributed by atoms with E-state index in [0.29, 0.717) is 22.7 Å². The molecule has 25 heavy (non-hydrogen) atoms. The van der Waals surface area contributed by atoms with Crippen molar-refractivity contribution in [3.05, 3.63) is 44.8 Å². The molecule has 0 aliphatic rings. The Morgan fingerprint density at radius 1 is 1.16 bits per heavy atom. The number of nitrogens with zero attached hydrogens (tertiary/aromatic N) is 1. The van der Waals surface area contributed by atoms with E-state index in [1.165, 1.54) is 0 Å². The first-order valence-electron chi connectivity index (χ1n) is 7.92. The summed E-state index contributed by atoms with van der Waals surface area (Å²) in [5.74, 6) is 1.98. The van der Waals surface area contributed by atoms with Gasteiger partial charge >= 0.3 is 0 Å². The number of rotatable bonds is 5. The average Bonchev–Trinajstić information content (AvgIpc) is 2.89. The van der Waals surface area contributed by atoms with Crippen LogP contribution in [0.3, 0.4) is 0 Å². The molecule has 132 valence electrons. The Kier molecular flexibility index (Phi) is 4.67. The van der Waals surface area contributed by atoms with Crippen LogP contribution in [0.2, 0.25) is 0 Å². The van der Waals surface area contributed by atoms with E-state index < -0.39 is 0 Å². The van der Waals surface area contributed by atoms with E-state index in [9.17, 15) is 4.79 Å². The fraction of sp³-hybridized carbons (Fsp3) is 0.333. The van der Waals surface area contributed by atoms with Crippen molar-refractivity contribution in [2.45, 2.75) is 26.8 Å². The summed E-state index contributed by atoms with van der Waals surface area (Å²) in [6.07, 6.45) is 0. The van der Waals surface area contributed by atoms with Crippen molar-refractivity contribution in [1.82, 2.24) is 9.97 Å². The predicted molar refractivity (Wildman–Crippen MR) is 101 cm³/mol. The standard InChI is InChI=1S/C18H21N3O3S/c1-9-11(3)25-18-15(9)17(22)20-16(21-18)10(2)19-12-6-13(23-4)8-14(7-12)24-5/h6-8,10,19H,1-5H3,(H,20,21,22). The van der Waals surface area contributed by atoms with Gasteiger partial charge in [-0.3, -0.25) is 4.79 Å². The summed E-state index contributed by atoms with van der Waals surface area (Å²) in [5.41, 5.74) is 1.72. The fourth-order valence-electron chi connectivity index (χ4n) is 2.69. The van der Waals surface area contributed by atoms with Crippen LogP contribution in [0.5, 0.6) is 11.5 Å². The van der Waals surface area contributed by atoms with Crippen LogP contribution in [0, 0.1) is 13.8 Å². The van der Waals surface area contributed by atoms with Crippen LogP contribution in [0.1, 0.15) is 29.2 Å². The largest absolute Gasteiger partial charge is 0.497 e. The molecule has 0 fully saturated rings. The molecule has 0 radical (unpaired) electrons. The molecule has 2 N–H and O–H groups in total. The Labute approximate surface area is 149 Å². The molecular weight excluding hydrogens is 338 g/mol. The lowest BCUT2D eigenvalue weighted by Crippen LogP contribution is -2.17. The second-order valence-corrected chi connectivity index (χ2v) is 7.09. The maximum Gasteiger partial charge on any atom is 0.259 e. The summed E-state index contributed by atoms with van der Waals surface area (Å²) < 4.78 is 10.6. The molecule has 2 aromatic heterocycles. The number of ether oxygens (including phenoxy) is 2. The first kappa shape index (κ1) is 17.3. The van der Waals surface area contributed by atoms with Crippen LogP contribution in [-0.2, 0) is 0 Å². The van der Waals surface area contributed by atoms with Crippen LogP contribution >= 0.6 is 11.3 Å². The Balaban J connectivity index is 1.95. The number of benzene rings is 1. The summed E-state index contributed by atoms with van der Waals surface area (Å²) in [6.45, 7) is 5.91. The van der Waals surface area contributed by atoms with Gasteiger partial charge in [0.2, 0.25) is 0 Å². The molecule has 0 amide bonds. The highest BCUT2D eigenvalue weighted by molar-refractivity contribution is 7.18. The van der Waals surface area contributed by atoms with Crippen molar-refractivity contribution in [2.75, 3.05) is 19.5 Å². The monoisotopic (exact) mass is 359 g/mol. The van der Waals surface area contributed by atoms with E-state index in [0.717, 1.165) is 21.0 Å². The van der Waals surface area contributed by atoms with Gasteiger partial charge in [0.15, 0.2) is 0 Å². The predicted octanol–water partition coefficient (Wildman–Crippen LogP) is 3.79. The summed E-state index contributed by atoms with van der Waals surface area (Å²) in [6, 6.07) is 5.36. The number of hydrogen-bond acceptors (Lipinski definition) is 6. The van der Waals surface area contributed by atoms with E-state index in [1.807, 2.05) is 32.9 Å². The normalized spacial score (nSPS) is 12.2. The molecule has 0 aliphatic carbocycles. The van der Waals surface area contributed by atoms with Gasteiger partial charge in [-0.1, -0.05) is 0 Å². The summed E-state index contributed by atoms with van der Waals surface area (Å²) in [4.78, 5) is 21.9. The summed E-state index contributed by atoms with van der Waals surface area (Å²) in [7, 11) is 3.22. The van der Waals surface area contributed by atoms with Crippen LogP contribution in [0.15, 0.2) is 23.0 Å². The van der Waals surface area contributed by atoms with Crippen LogP contribution in [0.25, 0.3) is 10.2 Å². The minimum absolute atomic E-state index is 0.0984. The average molecular weight is 359 g/mol. The number of H-pyrrole nitrogens is 1. The van der Waals surface area contributed by atoms with E-state index in [1.54, 1.807) is 31.6 Å². The van der Waals surface area contributed by atoms with E-state index in [4.69, 9.17) is 9.47 Å². The third kappa shape index (κ3) is 3.32. The van der Waals surface area contributed by atoms with Crippen LogP contribution < -0.4 is 20.3 Å². The van der Waals surface area contributed by atoms with Gasteiger partial charge in [0.05, 0.1) is 25.6 Å². The van der Waals surface area contributed by atoms with Crippen molar-refractivity contribution in [3.63, 3.8) is 0 Å². The van der Waals surface area contributed by atoms with Gasteiger partial charge in [-0.05, 0) is 26.3 Å². The molecular formula is C18H21N3O3S. The van der Waals surface area contributed by atoms with Crippen molar-refractivity contribution in [3.8, 4) is 11.5 Å². The second-order valence-electron chi connectivity index (χ2n) is 5.88. The number of nitrogens with one attached hydrogen (secondary N) is 2. The zero-order chi connectivity index (χ0) is 18.1. The molecule has 2 heterocycles. The lowest BCUT2D eigenvalue weighted by molar-refractivity contribution is 0.394. The number of anilines is 1. The molecule has 3 aromatic rings. The maximum absolute atomic E-state index is 12.4. The fourth-order valence-corrected chi connectivity index (χ4v) is 3.72. The molecule has 0 aliphatic heterocycles. The molecule has 0 saturated heterocycles. The van der Waals surface area contributed by atoms with Crippen molar-refractivity contribution >= 4 is 27.2 Å². The molecule has 0 saturated carbocycles. The minimum atomic E-state index is -0.184. The lowest BCUT2D eigenvalue weighted by atomic mass is 10.2. The molecule has 1 aromatic carbocycles. The first-order chi connectivity index (χ1) is 11.9. The Morgan fingerprint density at radius 2 is 1.80 bits per heavy atom. The van der Waals surface area contributed by atoms with Crippen molar-refractivity contribution in [1.29, 1.82) is 0 Å². The van der Waals surface area contributed by atoms with Gasteiger partial charge < -0.3 is 19.8 Å². The van der Waals surface area contributed by atoms with E-state index in [-0.39, 0.29) is 11.6 Å². The second kappa shape index (κ2) is 6.76. The van der Waals surface area contributed by atoms with Gasteiger partial charge in [0.1, 0.15) is 22.2 Å². The van der Waals surface area contributed by atoms with E-state index in [2.05, 4.69) is 15.3 Å². The third-order valence-corrected chi connectivity index (χ3v) is 5.30. The maximum atomic E-state index is 12.4. The molecule has 1 atom stereocenters.